The van der Waals surface area contributed by atoms with Crippen molar-refractivity contribution in [1.29, 1.82) is 0 Å². The van der Waals surface area contributed by atoms with E-state index in [-0.39, 0.29) is 5.91 Å². The van der Waals surface area contributed by atoms with Crippen LogP contribution < -0.4 is 14.8 Å². The van der Waals surface area contributed by atoms with Crippen LogP contribution in [0.25, 0.3) is 10.2 Å². The molecule has 7 heteroatoms. The van der Waals surface area contributed by atoms with Gasteiger partial charge in [0.05, 0.1) is 24.4 Å². The quantitative estimate of drug-likeness (QED) is 0.620. The molecule has 0 saturated carbocycles. The highest BCUT2D eigenvalue weighted by Crippen LogP contribution is 2.29. The number of aromatic nitrogens is 1. The van der Waals surface area contributed by atoms with Crippen molar-refractivity contribution in [1.82, 2.24) is 4.98 Å². The molecule has 1 N–H and O–H groups in total. The van der Waals surface area contributed by atoms with Gasteiger partial charge in [-0.1, -0.05) is 11.3 Å². The van der Waals surface area contributed by atoms with Gasteiger partial charge in [0.2, 0.25) is 5.91 Å². The number of hydrogen-bond acceptors (Lipinski definition) is 6. The van der Waals surface area contributed by atoms with Crippen LogP contribution in [0.2, 0.25) is 0 Å². The van der Waals surface area contributed by atoms with Gasteiger partial charge in [-0.2, -0.15) is 0 Å². The second kappa shape index (κ2) is 8.22. The molecule has 25 heavy (non-hydrogen) atoms. The van der Waals surface area contributed by atoms with Crippen molar-refractivity contribution in [3.05, 3.63) is 42.5 Å². The van der Waals surface area contributed by atoms with Gasteiger partial charge in [0, 0.05) is 17.1 Å². The molecule has 0 atom stereocenters. The van der Waals surface area contributed by atoms with Gasteiger partial charge < -0.3 is 14.8 Å². The van der Waals surface area contributed by atoms with E-state index in [1.165, 1.54) is 11.3 Å². The lowest BCUT2D eigenvalue weighted by Gasteiger charge is -2.03. The summed E-state index contributed by atoms with van der Waals surface area (Å²) in [7, 11) is 3.27. The van der Waals surface area contributed by atoms with Gasteiger partial charge >= 0.3 is 0 Å². The highest BCUT2D eigenvalue weighted by molar-refractivity contribution is 7.99. The van der Waals surface area contributed by atoms with Crippen molar-refractivity contribution in [2.24, 2.45) is 0 Å². The first kappa shape index (κ1) is 17.6. The average molecular weight is 374 g/mol. The maximum absolute atomic E-state index is 12.1. The molecule has 3 aromatic rings. The molecular formula is C18H18N2O3S2. The highest BCUT2D eigenvalue weighted by atomic mass is 32.2. The number of rotatable bonds is 7. The minimum Gasteiger partial charge on any atom is -0.497 e. The number of fused-ring (bicyclic) bond motifs is 1. The fraction of sp³-hybridized carbons (Fsp3) is 0.222. The van der Waals surface area contributed by atoms with Crippen LogP contribution in [0, 0.1) is 0 Å². The van der Waals surface area contributed by atoms with Gasteiger partial charge in [0.15, 0.2) is 5.13 Å². The predicted molar refractivity (Wildman–Crippen MR) is 103 cm³/mol. The van der Waals surface area contributed by atoms with Crippen LogP contribution in [-0.4, -0.2) is 30.9 Å². The van der Waals surface area contributed by atoms with Gasteiger partial charge in [0.25, 0.3) is 0 Å². The SMILES string of the molecule is COc1ccc(SCCC(=O)Nc2nc3ccc(OC)cc3s2)cc1. The van der Waals surface area contributed by atoms with Crippen molar-refractivity contribution in [3.8, 4) is 11.5 Å². The normalized spacial score (nSPS) is 10.6. The Hall–Kier alpha value is -2.25. The zero-order valence-corrected chi connectivity index (χ0v) is 15.6. The van der Waals surface area contributed by atoms with Gasteiger partial charge in [-0.15, -0.1) is 11.8 Å². The molecule has 1 heterocycles. The number of methoxy groups -OCH3 is 2. The van der Waals surface area contributed by atoms with Crippen LogP contribution in [0.5, 0.6) is 11.5 Å². The molecule has 0 fully saturated rings. The first-order valence-corrected chi connectivity index (χ1v) is 9.49. The number of thiazole rings is 1. The molecule has 5 nitrogen and oxygen atoms in total. The second-order valence-electron chi connectivity index (χ2n) is 5.17. The van der Waals surface area contributed by atoms with Crippen LogP contribution in [0.4, 0.5) is 5.13 Å². The Bertz CT molecular complexity index is 862. The number of benzene rings is 2. The monoisotopic (exact) mass is 374 g/mol. The van der Waals surface area contributed by atoms with E-state index in [1.54, 1.807) is 26.0 Å². The Kier molecular flexibility index (Phi) is 5.78. The zero-order valence-electron chi connectivity index (χ0n) is 13.9. The lowest BCUT2D eigenvalue weighted by molar-refractivity contribution is -0.115. The average Bonchev–Trinajstić information content (AvgIpc) is 3.03. The number of amides is 1. The standard InChI is InChI=1S/C18H18N2O3S2/c1-22-12-3-6-14(7-4-12)24-10-9-17(21)20-18-19-15-8-5-13(23-2)11-16(15)25-18/h3-8,11H,9-10H2,1-2H3,(H,19,20,21). The number of nitrogens with one attached hydrogen (secondary N) is 1. The first-order chi connectivity index (χ1) is 12.2. The van der Waals surface area contributed by atoms with Crippen LogP contribution in [0.15, 0.2) is 47.4 Å². The molecule has 0 aliphatic carbocycles. The van der Waals surface area contributed by atoms with Crippen molar-refractivity contribution >= 4 is 44.4 Å². The van der Waals surface area contributed by atoms with E-state index in [0.29, 0.717) is 17.3 Å². The topological polar surface area (TPSA) is 60.5 Å². The molecule has 1 amide bonds. The molecule has 0 spiro atoms. The summed E-state index contributed by atoms with van der Waals surface area (Å²) in [6.07, 6.45) is 0.427. The van der Waals surface area contributed by atoms with E-state index in [2.05, 4.69) is 10.3 Å². The summed E-state index contributed by atoms with van der Waals surface area (Å²) >= 11 is 3.08. The molecule has 3 rings (SSSR count). The predicted octanol–water partition coefficient (Wildman–Crippen LogP) is 4.43. The van der Waals surface area contributed by atoms with Gasteiger partial charge in [-0.3, -0.25) is 4.79 Å². The molecule has 0 saturated heterocycles. The van der Waals surface area contributed by atoms with Crippen molar-refractivity contribution in [2.75, 3.05) is 25.3 Å². The Labute approximate surface area is 154 Å². The minimum absolute atomic E-state index is 0.0352. The molecule has 0 aliphatic rings. The summed E-state index contributed by atoms with van der Waals surface area (Å²) in [5.74, 6) is 2.28. The highest BCUT2D eigenvalue weighted by Gasteiger charge is 2.09. The van der Waals surface area contributed by atoms with Crippen LogP contribution in [-0.2, 0) is 4.79 Å². The molecule has 0 bridgehead atoms. The fourth-order valence-corrected chi connectivity index (χ4v) is 3.96. The number of carbonyl (C=O) groups excluding carboxylic acids is 1. The van der Waals surface area contributed by atoms with Crippen molar-refractivity contribution < 1.29 is 14.3 Å². The summed E-state index contributed by atoms with van der Waals surface area (Å²) in [5.41, 5.74) is 0.855. The first-order valence-electron chi connectivity index (χ1n) is 7.69. The second-order valence-corrected chi connectivity index (χ2v) is 7.37. The third-order valence-corrected chi connectivity index (χ3v) is 5.45. The summed E-state index contributed by atoms with van der Waals surface area (Å²) in [6, 6.07) is 13.5. The van der Waals surface area contributed by atoms with E-state index < -0.39 is 0 Å². The van der Waals surface area contributed by atoms with E-state index in [9.17, 15) is 4.79 Å². The summed E-state index contributed by atoms with van der Waals surface area (Å²) in [6.45, 7) is 0. The molecule has 0 aliphatic heterocycles. The molecule has 2 aromatic carbocycles. The molecule has 0 unspecified atom stereocenters. The summed E-state index contributed by atoms with van der Waals surface area (Å²) in [5, 5.41) is 3.48. The van der Waals surface area contributed by atoms with Crippen molar-refractivity contribution in [2.45, 2.75) is 11.3 Å². The summed E-state index contributed by atoms with van der Waals surface area (Å²) < 4.78 is 11.3. The number of thioether (sulfide) groups is 1. The largest absolute Gasteiger partial charge is 0.497 e. The van der Waals surface area contributed by atoms with Gasteiger partial charge in [0.1, 0.15) is 11.5 Å². The van der Waals surface area contributed by atoms with E-state index in [4.69, 9.17) is 9.47 Å². The minimum atomic E-state index is -0.0352. The fourth-order valence-electron chi connectivity index (χ4n) is 2.20. The zero-order chi connectivity index (χ0) is 17.6. The number of carbonyl (C=O) groups is 1. The lowest BCUT2D eigenvalue weighted by Crippen LogP contribution is -2.11. The lowest BCUT2D eigenvalue weighted by atomic mass is 10.3. The third-order valence-electron chi connectivity index (χ3n) is 3.50. The maximum atomic E-state index is 12.1. The Morgan fingerprint density at radius 1 is 1.12 bits per heavy atom. The van der Waals surface area contributed by atoms with E-state index in [1.807, 2.05) is 42.5 Å². The van der Waals surface area contributed by atoms with Crippen molar-refractivity contribution in [3.63, 3.8) is 0 Å². The van der Waals surface area contributed by atoms with E-state index >= 15 is 0 Å². The van der Waals surface area contributed by atoms with Crippen LogP contribution in [0.3, 0.4) is 0 Å². The Balaban J connectivity index is 1.51. The van der Waals surface area contributed by atoms with Crippen LogP contribution in [0.1, 0.15) is 6.42 Å². The maximum Gasteiger partial charge on any atom is 0.226 e. The summed E-state index contributed by atoms with van der Waals surface area (Å²) in [4.78, 5) is 17.6. The third kappa shape index (κ3) is 4.64. The number of nitrogens with zero attached hydrogens (tertiary/aromatic N) is 1. The Morgan fingerprint density at radius 2 is 1.84 bits per heavy atom. The van der Waals surface area contributed by atoms with E-state index in [0.717, 1.165) is 26.6 Å². The van der Waals surface area contributed by atoms with Crippen LogP contribution >= 0.6 is 23.1 Å². The number of anilines is 1. The van der Waals surface area contributed by atoms with Gasteiger partial charge in [-0.05, 0) is 42.5 Å². The molecule has 130 valence electrons. The number of ether oxygens (including phenoxy) is 2. The molecular weight excluding hydrogens is 356 g/mol. The molecule has 0 radical (unpaired) electrons. The van der Waals surface area contributed by atoms with Gasteiger partial charge in [-0.25, -0.2) is 4.98 Å². The number of hydrogen-bond donors (Lipinski definition) is 1. The molecule has 1 aromatic heterocycles. The Morgan fingerprint density at radius 3 is 2.56 bits per heavy atom. The smallest absolute Gasteiger partial charge is 0.226 e.